The van der Waals surface area contributed by atoms with E-state index >= 15 is 0 Å². The van der Waals surface area contributed by atoms with Gasteiger partial charge >= 0.3 is 5.97 Å². The Labute approximate surface area is 96.1 Å². The van der Waals surface area contributed by atoms with Crippen molar-refractivity contribution in [3.05, 3.63) is 24.3 Å². The number of esters is 1. The molecule has 0 N–H and O–H groups in total. The molecule has 3 heteroatoms. The van der Waals surface area contributed by atoms with E-state index in [0.29, 0.717) is 6.61 Å². The van der Waals surface area contributed by atoms with Gasteiger partial charge in [0.1, 0.15) is 6.61 Å². The Bertz CT molecular complexity index is 319. The van der Waals surface area contributed by atoms with Crippen molar-refractivity contribution < 1.29 is 14.3 Å². The Morgan fingerprint density at radius 3 is 2.94 bits per heavy atom. The molecule has 0 unspecified atom stereocenters. The van der Waals surface area contributed by atoms with Gasteiger partial charge in [-0.15, -0.1) is 0 Å². The molecule has 2 heterocycles. The summed E-state index contributed by atoms with van der Waals surface area (Å²) in [6, 6.07) is 0. The molecule has 0 amide bonds. The van der Waals surface area contributed by atoms with Gasteiger partial charge in [-0.1, -0.05) is 25.7 Å². The van der Waals surface area contributed by atoms with Gasteiger partial charge in [0, 0.05) is 6.42 Å². The molecule has 0 aromatic heterocycles. The molecule has 0 saturated carbocycles. The summed E-state index contributed by atoms with van der Waals surface area (Å²) in [5, 5.41) is 0. The third kappa shape index (κ3) is 2.53. The second-order valence-electron chi connectivity index (χ2n) is 4.58. The quantitative estimate of drug-likeness (QED) is 0.465. The number of rotatable bonds is 0. The highest BCUT2D eigenvalue weighted by Crippen LogP contribution is 2.28. The number of cyclic esters (lactones) is 1. The molecule has 16 heavy (non-hydrogen) atoms. The van der Waals surface area contributed by atoms with Gasteiger partial charge in [-0.25, -0.2) is 0 Å². The fraction of sp³-hybridized carbons (Fsp3) is 0.615. The molecule has 0 spiro atoms. The zero-order valence-corrected chi connectivity index (χ0v) is 9.65. The molecule has 2 rings (SSSR count). The number of fused-ring (bicyclic) bond motifs is 2. The molecule has 0 aromatic carbocycles. The Hall–Kier alpha value is -1.09. The second kappa shape index (κ2) is 4.83. The van der Waals surface area contributed by atoms with E-state index in [1.165, 1.54) is 0 Å². The fourth-order valence-corrected chi connectivity index (χ4v) is 2.05. The van der Waals surface area contributed by atoms with E-state index in [0.717, 1.165) is 24.8 Å². The SMILES string of the molecule is C=C1C[C@@H]2COC(=O)[C@@H](C)C/C=C\C[C@@H]1O2. The molecule has 0 radical (unpaired) electrons. The van der Waals surface area contributed by atoms with Crippen molar-refractivity contribution in [2.45, 2.75) is 38.4 Å². The lowest BCUT2D eigenvalue weighted by atomic mass is 10.0. The van der Waals surface area contributed by atoms with Crippen molar-refractivity contribution in [3.63, 3.8) is 0 Å². The van der Waals surface area contributed by atoms with Crippen LogP contribution >= 0.6 is 0 Å². The number of carbonyl (C=O) groups is 1. The molecule has 1 saturated heterocycles. The number of allylic oxidation sites excluding steroid dienone is 1. The van der Waals surface area contributed by atoms with E-state index in [9.17, 15) is 4.79 Å². The number of ether oxygens (including phenoxy) is 2. The summed E-state index contributed by atoms with van der Waals surface area (Å²) in [6.07, 6.45) is 6.61. The van der Waals surface area contributed by atoms with Crippen LogP contribution < -0.4 is 0 Å². The van der Waals surface area contributed by atoms with Crippen LogP contribution in [0.15, 0.2) is 24.3 Å². The summed E-state index contributed by atoms with van der Waals surface area (Å²) in [5.74, 6) is -0.194. The zero-order valence-electron chi connectivity index (χ0n) is 9.65. The maximum Gasteiger partial charge on any atom is 0.309 e. The van der Waals surface area contributed by atoms with E-state index in [1.54, 1.807) is 0 Å². The topological polar surface area (TPSA) is 35.5 Å². The lowest BCUT2D eigenvalue weighted by Crippen LogP contribution is -2.22. The lowest BCUT2D eigenvalue weighted by Gasteiger charge is -2.13. The molecule has 0 aliphatic carbocycles. The maximum atomic E-state index is 11.6. The maximum absolute atomic E-state index is 11.6. The first-order valence-electron chi connectivity index (χ1n) is 5.81. The molecular weight excluding hydrogens is 204 g/mol. The summed E-state index contributed by atoms with van der Waals surface area (Å²) < 4.78 is 11.0. The number of hydrogen-bond donors (Lipinski definition) is 0. The molecule has 1 fully saturated rings. The van der Waals surface area contributed by atoms with Crippen LogP contribution in [0.2, 0.25) is 0 Å². The van der Waals surface area contributed by atoms with Crippen LogP contribution in [0.4, 0.5) is 0 Å². The van der Waals surface area contributed by atoms with Crippen LogP contribution in [0.1, 0.15) is 26.2 Å². The number of hydrogen-bond acceptors (Lipinski definition) is 3. The third-order valence-electron chi connectivity index (χ3n) is 3.12. The molecular formula is C13H18O3. The van der Waals surface area contributed by atoms with Gasteiger partial charge in [0.15, 0.2) is 0 Å². The summed E-state index contributed by atoms with van der Waals surface area (Å²) in [5.41, 5.74) is 1.11. The minimum Gasteiger partial charge on any atom is -0.463 e. The van der Waals surface area contributed by atoms with E-state index < -0.39 is 0 Å². The Kier molecular flexibility index (Phi) is 3.44. The van der Waals surface area contributed by atoms with E-state index in [1.807, 2.05) is 13.0 Å². The van der Waals surface area contributed by atoms with E-state index in [4.69, 9.17) is 9.47 Å². The first-order chi connectivity index (χ1) is 7.66. The van der Waals surface area contributed by atoms with Gasteiger partial charge in [-0.05, 0) is 18.4 Å². The molecule has 2 aliphatic rings. The standard InChI is InChI=1S/C13H18O3/c1-9-5-3-4-6-12-10(2)7-11(16-12)8-15-13(9)14/h3-4,9,11-12H,2,5-8H2,1H3/b4-3-/t9-,11+,12-/m0/s1. The monoisotopic (exact) mass is 222 g/mol. The minimum atomic E-state index is -0.135. The van der Waals surface area contributed by atoms with E-state index in [2.05, 4.69) is 12.7 Å². The third-order valence-corrected chi connectivity index (χ3v) is 3.12. The highest BCUT2D eigenvalue weighted by molar-refractivity contribution is 5.72. The van der Waals surface area contributed by atoms with Crippen LogP contribution in [0.25, 0.3) is 0 Å². The molecule has 2 bridgehead atoms. The largest absolute Gasteiger partial charge is 0.463 e. The Morgan fingerprint density at radius 2 is 2.12 bits per heavy atom. The van der Waals surface area contributed by atoms with Gasteiger partial charge in [0.05, 0.1) is 18.1 Å². The van der Waals surface area contributed by atoms with Gasteiger partial charge < -0.3 is 9.47 Å². The predicted molar refractivity (Wildman–Crippen MR) is 60.9 cm³/mol. The summed E-state index contributed by atoms with van der Waals surface area (Å²) in [6.45, 7) is 6.25. The van der Waals surface area contributed by atoms with Gasteiger partial charge in [0.2, 0.25) is 0 Å². The minimum absolute atomic E-state index is 0.000139. The predicted octanol–water partition coefficient (Wildman–Crippen LogP) is 2.23. The van der Waals surface area contributed by atoms with Crippen LogP contribution in [0.3, 0.4) is 0 Å². The van der Waals surface area contributed by atoms with Crippen LogP contribution in [-0.4, -0.2) is 24.8 Å². The zero-order chi connectivity index (χ0) is 11.5. The average Bonchev–Trinajstić information content (AvgIpc) is 2.60. The van der Waals surface area contributed by atoms with Gasteiger partial charge in [-0.3, -0.25) is 4.79 Å². The molecule has 3 atom stereocenters. The van der Waals surface area contributed by atoms with Crippen molar-refractivity contribution in [2.75, 3.05) is 6.61 Å². The molecule has 3 nitrogen and oxygen atoms in total. The fourth-order valence-electron chi connectivity index (χ4n) is 2.05. The molecule has 2 aliphatic heterocycles. The summed E-state index contributed by atoms with van der Waals surface area (Å²) >= 11 is 0. The Morgan fingerprint density at radius 1 is 1.38 bits per heavy atom. The second-order valence-corrected chi connectivity index (χ2v) is 4.58. The molecule has 0 aromatic rings. The van der Waals surface area contributed by atoms with Crippen molar-refractivity contribution in [1.82, 2.24) is 0 Å². The molecule has 88 valence electrons. The normalized spacial score (nSPS) is 37.7. The van der Waals surface area contributed by atoms with Crippen molar-refractivity contribution in [1.29, 1.82) is 0 Å². The number of carbonyl (C=O) groups excluding carboxylic acids is 1. The summed E-state index contributed by atoms with van der Waals surface area (Å²) in [4.78, 5) is 11.6. The Balaban J connectivity index is 2.06. The summed E-state index contributed by atoms with van der Waals surface area (Å²) in [7, 11) is 0. The van der Waals surface area contributed by atoms with Crippen LogP contribution in [-0.2, 0) is 14.3 Å². The lowest BCUT2D eigenvalue weighted by molar-refractivity contribution is -0.151. The van der Waals surface area contributed by atoms with Crippen molar-refractivity contribution >= 4 is 5.97 Å². The van der Waals surface area contributed by atoms with Gasteiger partial charge in [0.25, 0.3) is 0 Å². The highest BCUT2D eigenvalue weighted by Gasteiger charge is 2.29. The van der Waals surface area contributed by atoms with Crippen LogP contribution in [0, 0.1) is 5.92 Å². The first-order valence-corrected chi connectivity index (χ1v) is 5.81. The highest BCUT2D eigenvalue weighted by atomic mass is 16.6. The average molecular weight is 222 g/mol. The van der Waals surface area contributed by atoms with Crippen molar-refractivity contribution in [2.24, 2.45) is 5.92 Å². The van der Waals surface area contributed by atoms with Crippen molar-refractivity contribution in [3.8, 4) is 0 Å². The smallest absolute Gasteiger partial charge is 0.309 e. The van der Waals surface area contributed by atoms with Gasteiger partial charge in [-0.2, -0.15) is 0 Å². The van der Waals surface area contributed by atoms with E-state index in [-0.39, 0.29) is 24.1 Å². The first kappa shape index (κ1) is 11.4. The van der Waals surface area contributed by atoms with Crippen LogP contribution in [0.5, 0.6) is 0 Å².